The van der Waals surface area contributed by atoms with E-state index in [1.54, 1.807) is 6.20 Å². The van der Waals surface area contributed by atoms with E-state index in [1.165, 1.54) is 5.56 Å². The number of hydrogen-bond acceptors (Lipinski definition) is 5. The van der Waals surface area contributed by atoms with Gasteiger partial charge in [-0.2, -0.15) is 0 Å². The van der Waals surface area contributed by atoms with Crippen LogP contribution in [0.15, 0.2) is 39.4 Å². The van der Waals surface area contributed by atoms with E-state index in [9.17, 15) is 9.90 Å². The van der Waals surface area contributed by atoms with Crippen molar-refractivity contribution in [1.29, 1.82) is 0 Å². The maximum Gasteiger partial charge on any atom is 0.334 e. The predicted octanol–water partition coefficient (Wildman–Crippen LogP) is 4.17. The van der Waals surface area contributed by atoms with E-state index in [1.807, 2.05) is 19.1 Å². The fraction of sp³-hybridized carbons (Fsp3) is 0.545. The number of benzene rings is 1. The molecule has 2 atom stereocenters. The first-order chi connectivity index (χ1) is 14.0. The Morgan fingerprint density at radius 1 is 1.24 bits per heavy atom. The highest BCUT2D eigenvalue weighted by atomic mass is 79.9. The summed E-state index contributed by atoms with van der Waals surface area (Å²) in [5.41, 5.74) is 1.24. The van der Waals surface area contributed by atoms with Crippen molar-refractivity contribution in [2.45, 2.75) is 63.1 Å². The predicted molar refractivity (Wildman–Crippen MR) is 112 cm³/mol. The quantitative estimate of drug-likeness (QED) is 0.718. The minimum Gasteiger partial charge on any atom is -0.479 e. The summed E-state index contributed by atoms with van der Waals surface area (Å²) in [5, 5.41) is 9.48. The number of rotatable bonds is 5. The van der Waals surface area contributed by atoms with Crippen molar-refractivity contribution in [1.82, 2.24) is 9.88 Å². The lowest BCUT2D eigenvalue weighted by Gasteiger charge is -2.45. The molecule has 1 saturated heterocycles. The molecule has 2 aliphatic rings. The number of carboxylic acids is 1. The van der Waals surface area contributed by atoms with E-state index >= 15 is 0 Å². The van der Waals surface area contributed by atoms with Gasteiger partial charge in [0, 0.05) is 29.0 Å². The Kier molecular flexibility index (Phi) is 6.37. The van der Waals surface area contributed by atoms with Gasteiger partial charge in [-0.1, -0.05) is 28.1 Å². The van der Waals surface area contributed by atoms with E-state index in [-0.39, 0.29) is 6.04 Å². The number of oxazole rings is 1. The number of aliphatic carboxylic acids is 1. The molecule has 0 unspecified atom stereocenters. The van der Waals surface area contributed by atoms with Crippen LogP contribution in [0, 0.1) is 6.92 Å². The lowest BCUT2D eigenvalue weighted by atomic mass is 9.84. The molecule has 0 amide bonds. The molecule has 1 aliphatic carbocycles. The molecule has 1 aromatic heterocycles. The molecule has 1 aromatic carbocycles. The van der Waals surface area contributed by atoms with Gasteiger partial charge in [0.25, 0.3) is 0 Å². The van der Waals surface area contributed by atoms with E-state index in [4.69, 9.17) is 9.15 Å². The molecule has 2 fully saturated rings. The summed E-state index contributed by atoms with van der Waals surface area (Å²) in [6, 6.07) is 8.89. The van der Waals surface area contributed by atoms with Gasteiger partial charge in [-0.25, -0.2) is 9.78 Å². The highest BCUT2D eigenvalue weighted by molar-refractivity contribution is 9.10. The van der Waals surface area contributed by atoms with Gasteiger partial charge in [0.15, 0.2) is 12.0 Å². The third-order valence-corrected chi connectivity index (χ3v) is 6.68. The first kappa shape index (κ1) is 20.6. The Hall–Kier alpha value is -1.70. The van der Waals surface area contributed by atoms with Crippen LogP contribution in [0.4, 0.5) is 0 Å². The van der Waals surface area contributed by atoms with Crippen molar-refractivity contribution in [3.05, 3.63) is 52.1 Å². The number of aromatic nitrogens is 1. The lowest BCUT2D eigenvalue weighted by Crippen LogP contribution is -2.57. The number of carbonyl (C=O) groups is 1. The zero-order valence-electron chi connectivity index (χ0n) is 16.6. The molecule has 29 heavy (non-hydrogen) atoms. The molecule has 1 N–H and O–H groups in total. The zero-order valence-corrected chi connectivity index (χ0v) is 18.2. The fourth-order valence-electron chi connectivity index (χ4n) is 4.60. The Labute approximate surface area is 179 Å². The standard InChI is InChI=1S/C22H27BrN2O4/c1-14-11-24-21(29-14)16-4-8-18(9-5-16)25-12-20(22(26)27)28-13-19(25)10-15-2-6-17(23)7-3-15/h2-3,6-7,11,16,18-20H,4-5,8-10,12-13H2,1H3,(H,26,27)/t16?,18?,19-,20+/m0/s1. The number of hydrogen-bond donors (Lipinski definition) is 1. The Morgan fingerprint density at radius 2 is 1.97 bits per heavy atom. The summed E-state index contributed by atoms with van der Waals surface area (Å²) in [6.07, 6.45) is 5.98. The van der Waals surface area contributed by atoms with E-state index in [2.05, 4.69) is 37.9 Å². The maximum atomic E-state index is 11.5. The summed E-state index contributed by atoms with van der Waals surface area (Å²) >= 11 is 3.48. The molecule has 7 heteroatoms. The number of ether oxygens (including phenoxy) is 1. The van der Waals surface area contributed by atoms with Crippen LogP contribution >= 0.6 is 15.9 Å². The normalized spacial score (nSPS) is 28.3. The van der Waals surface area contributed by atoms with Crippen LogP contribution in [0.3, 0.4) is 0 Å². The number of nitrogens with zero attached hydrogens (tertiary/aromatic N) is 2. The fourth-order valence-corrected chi connectivity index (χ4v) is 4.86. The average Bonchev–Trinajstić information content (AvgIpc) is 3.16. The van der Waals surface area contributed by atoms with Crippen molar-refractivity contribution in [3.8, 4) is 0 Å². The van der Waals surface area contributed by atoms with E-state index < -0.39 is 12.1 Å². The van der Waals surface area contributed by atoms with Crippen LogP contribution in [-0.4, -0.2) is 52.3 Å². The first-order valence-corrected chi connectivity index (χ1v) is 11.1. The number of halogens is 1. The Morgan fingerprint density at radius 3 is 2.59 bits per heavy atom. The topological polar surface area (TPSA) is 75.8 Å². The van der Waals surface area contributed by atoms with Gasteiger partial charge in [0.05, 0.1) is 12.8 Å². The summed E-state index contributed by atoms with van der Waals surface area (Å²) in [5.74, 6) is 1.19. The highest BCUT2D eigenvalue weighted by Crippen LogP contribution is 2.36. The molecular formula is C22H27BrN2O4. The van der Waals surface area contributed by atoms with Crippen molar-refractivity contribution >= 4 is 21.9 Å². The Balaban J connectivity index is 1.44. The molecule has 0 radical (unpaired) electrons. The van der Waals surface area contributed by atoms with Crippen LogP contribution in [0.1, 0.15) is 48.8 Å². The maximum absolute atomic E-state index is 11.5. The smallest absolute Gasteiger partial charge is 0.334 e. The molecule has 0 spiro atoms. The van der Waals surface area contributed by atoms with Crippen LogP contribution in [-0.2, 0) is 16.0 Å². The van der Waals surface area contributed by atoms with Gasteiger partial charge < -0.3 is 14.3 Å². The Bertz CT molecular complexity index is 830. The van der Waals surface area contributed by atoms with Crippen LogP contribution in [0.25, 0.3) is 0 Å². The summed E-state index contributed by atoms with van der Waals surface area (Å²) in [7, 11) is 0. The van der Waals surface area contributed by atoms with Crippen LogP contribution in [0.5, 0.6) is 0 Å². The van der Waals surface area contributed by atoms with E-state index in [0.29, 0.717) is 25.1 Å². The molecule has 6 nitrogen and oxygen atoms in total. The van der Waals surface area contributed by atoms with Crippen molar-refractivity contribution in [2.24, 2.45) is 0 Å². The number of carboxylic acid groups (broad SMARTS) is 1. The SMILES string of the molecule is Cc1cnc(C2CCC(N3C[C@H](C(=O)O)OC[C@@H]3Cc3ccc(Br)cc3)CC2)o1. The first-order valence-electron chi connectivity index (χ1n) is 10.3. The third-order valence-electron chi connectivity index (χ3n) is 6.15. The molecular weight excluding hydrogens is 436 g/mol. The second kappa shape index (κ2) is 8.98. The van der Waals surface area contributed by atoms with Crippen molar-refractivity contribution < 1.29 is 19.1 Å². The second-order valence-electron chi connectivity index (χ2n) is 8.16. The number of morpholine rings is 1. The molecule has 1 saturated carbocycles. The summed E-state index contributed by atoms with van der Waals surface area (Å²) in [6.45, 7) is 2.82. The molecule has 1 aliphatic heterocycles. The average molecular weight is 463 g/mol. The minimum absolute atomic E-state index is 0.192. The van der Waals surface area contributed by atoms with Crippen molar-refractivity contribution in [3.63, 3.8) is 0 Å². The van der Waals surface area contributed by atoms with Gasteiger partial charge >= 0.3 is 5.97 Å². The zero-order chi connectivity index (χ0) is 20.4. The van der Waals surface area contributed by atoms with Gasteiger partial charge in [0.1, 0.15) is 5.76 Å². The number of aryl methyl sites for hydroxylation is 1. The molecule has 4 rings (SSSR count). The third kappa shape index (κ3) is 4.90. The van der Waals surface area contributed by atoms with Gasteiger partial charge in [-0.05, 0) is 56.7 Å². The lowest BCUT2D eigenvalue weighted by molar-refractivity contribution is -0.162. The summed E-state index contributed by atoms with van der Waals surface area (Å²) < 4.78 is 12.5. The molecule has 2 aromatic rings. The monoisotopic (exact) mass is 462 g/mol. The largest absolute Gasteiger partial charge is 0.479 e. The van der Waals surface area contributed by atoms with Gasteiger partial charge in [-0.3, -0.25) is 4.90 Å². The minimum atomic E-state index is -0.874. The van der Waals surface area contributed by atoms with Crippen LogP contribution in [0.2, 0.25) is 0 Å². The summed E-state index contributed by atoms with van der Waals surface area (Å²) in [4.78, 5) is 18.3. The van der Waals surface area contributed by atoms with Gasteiger partial charge in [-0.15, -0.1) is 0 Å². The molecule has 0 bridgehead atoms. The second-order valence-corrected chi connectivity index (χ2v) is 9.07. The van der Waals surface area contributed by atoms with E-state index in [0.717, 1.165) is 48.2 Å². The van der Waals surface area contributed by atoms with Crippen molar-refractivity contribution in [2.75, 3.05) is 13.2 Å². The molecule has 156 valence electrons. The highest BCUT2D eigenvalue weighted by Gasteiger charge is 2.38. The van der Waals surface area contributed by atoms with Gasteiger partial charge in [0.2, 0.25) is 0 Å². The van der Waals surface area contributed by atoms with Crippen LogP contribution < -0.4 is 0 Å². The molecule has 2 heterocycles.